The lowest BCUT2D eigenvalue weighted by atomic mass is 9.95. The maximum atomic E-state index is 13.4. The van der Waals surface area contributed by atoms with Gasteiger partial charge in [0.15, 0.2) is 0 Å². The van der Waals surface area contributed by atoms with E-state index >= 15 is 0 Å². The molecule has 7 heteroatoms. The molecule has 1 aliphatic carbocycles. The minimum absolute atomic E-state index is 0.0121. The van der Waals surface area contributed by atoms with Gasteiger partial charge in [-0.15, -0.1) is 0 Å². The summed E-state index contributed by atoms with van der Waals surface area (Å²) in [7, 11) is 0. The highest BCUT2D eigenvalue weighted by Crippen LogP contribution is 2.19. The van der Waals surface area contributed by atoms with Gasteiger partial charge in [0, 0.05) is 37.3 Å². The molecule has 1 aromatic rings. The zero-order valence-corrected chi connectivity index (χ0v) is 19.7. The number of benzene rings is 1. The van der Waals surface area contributed by atoms with Gasteiger partial charge < -0.3 is 20.4 Å². The standard InChI is InChI=1S/C25H38N4O3/c1-4-18(2)22(27-23(30)20-11-7-5-8-12-20)24(31)28-15-16-29(19(3)17-28)25(32)26-21-13-9-6-10-14-21/h5,7-8,11-12,18-19,21-22H,4,6,9-10,13-17H2,1-3H3,(H,26,32)(H,27,30). The Morgan fingerprint density at radius 1 is 1.06 bits per heavy atom. The van der Waals surface area contributed by atoms with Crippen LogP contribution in [-0.4, -0.2) is 65.4 Å². The first kappa shape index (κ1) is 24.1. The van der Waals surface area contributed by atoms with Crippen LogP contribution in [0.5, 0.6) is 0 Å². The number of nitrogens with zero attached hydrogens (tertiary/aromatic N) is 2. The van der Waals surface area contributed by atoms with Crippen molar-refractivity contribution in [1.82, 2.24) is 20.4 Å². The summed E-state index contributed by atoms with van der Waals surface area (Å²) < 4.78 is 0. The summed E-state index contributed by atoms with van der Waals surface area (Å²) in [6.45, 7) is 7.47. The van der Waals surface area contributed by atoms with Crippen LogP contribution in [-0.2, 0) is 4.79 Å². The molecule has 1 aromatic carbocycles. The van der Waals surface area contributed by atoms with E-state index < -0.39 is 6.04 Å². The molecule has 176 valence electrons. The smallest absolute Gasteiger partial charge is 0.317 e. The van der Waals surface area contributed by atoms with Crippen molar-refractivity contribution in [3.05, 3.63) is 35.9 Å². The molecule has 0 aromatic heterocycles. The first-order chi connectivity index (χ1) is 15.4. The van der Waals surface area contributed by atoms with Gasteiger partial charge in [0.05, 0.1) is 0 Å². The molecule has 4 amide bonds. The Morgan fingerprint density at radius 3 is 2.38 bits per heavy atom. The quantitative estimate of drug-likeness (QED) is 0.708. The van der Waals surface area contributed by atoms with E-state index in [1.54, 1.807) is 17.0 Å². The van der Waals surface area contributed by atoms with Gasteiger partial charge in [0.1, 0.15) is 6.04 Å². The van der Waals surface area contributed by atoms with Crippen molar-refractivity contribution < 1.29 is 14.4 Å². The molecular formula is C25H38N4O3. The van der Waals surface area contributed by atoms with E-state index in [1.165, 1.54) is 19.3 Å². The summed E-state index contributed by atoms with van der Waals surface area (Å²) in [5.74, 6) is -0.288. The van der Waals surface area contributed by atoms with Crippen LogP contribution in [0.2, 0.25) is 0 Å². The summed E-state index contributed by atoms with van der Waals surface area (Å²) in [4.78, 5) is 42.6. The van der Waals surface area contributed by atoms with Crippen LogP contribution in [0.1, 0.15) is 69.7 Å². The molecule has 0 bridgehead atoms. The molecule has 0 spiro atoms. The Hall–Kier alpha value is -2.57. The third-order valence-corrected chi connectivity index (χ3v) is 6.93. The number of piperazine rings is 1. The van der Waals surface area contributed by atoms with E-state index in [9.17, 15) is 14.4 Å². The second-order valence-corrected chi connectivity index (χ2v) is 9.31. The van der Waals surface area contributed by atoms with Crippen LogP contribution in [0.4, 0.5) is 4.79 Å². The number of carbonyl (C=O) groups excluding carboxylic acids is 3. The average Bonchev–Trinajstić information content (AvgIpc) is 2.82. The summed E-state index contributed by atoms with van der Waals surface area (Å²) in [6, 6.07) is 8.58. The fraction of sp³-hybridized carbons (Fsp3) is 0.640. The van der Waals surface area contributed by atoms with Gasteiger partial charge in [-0.25, -0.2) is 4.79 Å². The van der Waals surface area contributed by atoms with Crippen LogP contribution in [0.25, 0.3) is 0 Å². The molecule has 2 fully saturated rings. The second kappa shape index (κ2) is 11.3. The fourth-order valence-corrected chi connectivity index (χ4v) is 4.66. The lowest BCUT2D eigenvalue weighted by molar-refractivity contribution is -0.136. The average molecular weight is 443 g/mol. The Morgan fingerprint density at radius 2 is 1.75 bits per heavy atom. The van der Waals surface area contributed by atoms with Crippen molar-refractivity contribution >= 4 is 17.8 Å². The van der Waals surface area contributed by atoms with E-state index in [0.29, 0.717) is 25.2 Å². The molecule has 1 saturated carbocycles. The van der Waals surface area contributed by atoms with Crippen LogP contribution in [0.3, 0.4) is 0 Å². The largest absolute Gasteiger partial charge is 0.340 e. The molecular weight excluding hydrogens is 404 g/mol. The topological polar surface area (TPSA) is 81.8 Å². The number of rotatable bonds is 6. The van der Waals surface area contributed by atoms with Crippen molar-refractivity contribution in [3.63, 3.8) is 0 Å². The first-order valence-electron chi connectivity index (χ1n) is 12.1. The maximum absolute atomic E-state index is 13.4. The summed E-state index contributed by atoms with van der Waals surface area (Å²) in [5, 5.41) is 6.14. The summed E-state index contributed by atoms with van der Waals surface area (Å²) in [6.07, 6.45) is 6.49. The summed E-state index contributed by atoms with van der Waals surface area (Å²) >= 11 is 0. The number of carbonyl (C=O) groups is 3. The van der Waals surface area contributed by atoms with E-state index in [4.69, 9.17) is 0 Å². The highest BCUT2D eigenvalue weighted by Gasteiger charge is 2.35. The van der Waals surface area contributed by atoms with Gasteiger partial charge in [0.25, 0.3) is 5.91 Å². The molecule has 3 atom stereocenters. The normalized spacial score (nSPS) is 21.5. The fourth-order valence-electron chi connectivity index (χ4n) is 4.66. The number of hydrogen-bond acceptors (Lipinski definition) is 3. The van der Waals surface area contributed by atoms with Crippen molar-refractivity contribution in [2.24, 2.45) is 5.92 Å². The SMILES string of the molecule is CCC(C)C(NC(=O)c1ccccc1)C(=O)N1CCN(C(=O)NC2CCCCC2)C(C)C1. The minimum Gasteiger partial charge on any atom is -0.340 e. The van der Waals surface area contributed by atoms with E-state index in [-0.39, 0.29) is 35.8 Å². The van der Waals surface area contributed by atoms with Gasteiger partial charge in [-0.2, -0.15) is 0 Å². The number of hydrogen-bond donors (Lipinski definition) is 2. The number of nitrogens with one attached hydrogen (secondary N) is 2. The Balaban J connectivity index is 1.60. The molecule has 2 N–H and O–H groups in total. The highest BCUT2D eigenvalue weighted by molar-refractivity contribution is 5.97. The van der Waals surface area contributed by atoms with Crippen LogP contribution in [0, 0.1) is 5.92 Å². The van der Waals surface area contributed by atoms with Crippen LogP contribution >= 0.6 is 0 Å². The molecule has 7 nitrogen and oxygen atoms in total. The van der Waals surface area contributed by atoms with Gasteiger partial charge in [0.2, 0.25) is 5.91 Å². The van der Waals surface area contributed by atoms with E-state index in [2.05, 4.69) is 10.6 Å². The second-order valence-electron chi connectivity index (χ2n) is 9.31. The molecule has 0 radical (unpaired) electrons. The van der Waals surface area contributed by atoms with Crippen molar-refractivity contribution in [3.8, 4) is 0 Å². The lowest BCUT2D eigenvalue weighted by Gasteiger charge is -2.42. The number of amides is 4. The highest BCUT2D eigenvalue weighted by atomic mass is 16.2. The number of urea groups is 1. The Kier molecular flexibility index (Phi) is 8.53. The monoisotopic (exact) mass is 442 g/mol. The molecule has 1 aliphatic heterocycles. The van der Waals surface area contributed by atoms with Crippen molar-refractivity contribution in [1.29, 1.82) is 0 Å². The predicted molar refractivity (Wildman–Crippen MR) is 125 cm³/mol. The first-order valence-corrected chi connectivity index (χ1v) is 12.1. The molecule has 2 aliphatic rings. The molecule has 1 saturated heterocycles. The van der Waals surface area contributed by atoms with E-state index in [0.717, 1.165) is 19.3 Å². The Bertz CT molecular complexity index is 779. The molecule has 1 heterocycles. The van der Waals surface area contributed by atoms with Crippen LogP contribution in [0.15, 0.2) is 30.3 Å². The van der Waals surface area contributed by atoms with Gasteiger partial charge >= 0.3 is 6.03 Å². The molecule has 3 rings (SSSR count). The predicted octanol–water partition coefficient (Wildman–Crippen LogP) is 3.41. The maximum Gasteiger partial charge on any atom is 0.317 e. The zero-order valence-electron chi connectivity index (χ0n) is 19.7. The molecule has 32 heavy (non-hydrogen) atoms. The van der Waals surface area contributed by atoms with Crippen molar-refractivity contribution in [2.75, 3.05) is 19.6 Å². The minimum atomic E-state index is -0.581. The third-order valence-electron chi connectivity index (χ3n) is 6.93. The van der Waals surface area contributed by atoms with Crippen molar-refractivity contribution in [2.45, 2.75) is 77.4 Å². The molecule has 3 unspecified atom stereocenters. The third kappa shape index (κ3) is 6.02. The van der Waals surface area contributed by atoms with Gasteiger partial charge in [-0.1, -0.05) is 57.7 Å². The van der Waals surface area contributed by atoms with Crippen LogP contribution < -0.4 is 10.6 Å². The summed E-state index contributed by atoms with van der Waals surface area (Å²) in [5.41, 5.74) is 0.547. The lowest BCUT2D eigenvalue weighted by Crippen LogP contribution is -2.61. The van der Waals surface area contributed by atoms with Gasteiger partial charge in [-0.05, 0) is 37.8 Å². The zero-order chi connectivity index (χ0) is 23.1. The Labute approximate surface area is 191 Å². The van der Waals surface area contributed by atoms with E-state index in [1.807, 2.05) is 43.9 Å². The van der Waals surface area contributed by atoms with Gasteiger partial charge in [-0.3, -0.25) is 9.59 Å².